The molecule has 0 unspecified atom stereocenters. The molecule has 0 bridgehead atoms. The lowest BCUT2D eigenvalue weighted by Crippen LogP contribution is -2.22. The average Bonchev–Trinajstić information content (AvgIpc) is 3.32. The Kier molecular flexibility index (Phi) is 5.77. The Morgan fingerprint density at radius 2 is 1.47 bits per heavy atom. The van der Waals surface area contributed by atoms with E-state index in [0.29, 0.717) is 44.5 Å². The van der Waals surface area contributed by atoms with Crippen molar-refractivity contribution in [2.75, 3.05) is 11.9 Å². The number of fused-ring (bicyclic) bond motifs is 1. The van der Waals surface area contributed by atoms with Crippen LogP contribution in [0.4, 0.5) is 19.5 Å². The van der Waals surface area contributed by atoms with Crippen molar-refractivity contribution < 1.29 is 27.9 Å². The third kappa shape index (κ3) is 4.32. The first kappa shape index (κ1) is 22.9. The molecule has 2 aromatic heterocycles. The van der Waals surface area contributed by atoms with Crippen LogP contribution in [0.3, 0.4) is 0 Å². The predicted molar refractivity (Wildman–Crippen MR) is 131 cm³/mol. The summed E-state index contributed by atoms with van der Waals surface area (Å²) in [5.41, 5.74) is 3.68. The van der Waals surface area contributed by atoms with Crippen molar-refractivity contribution in [2.24, 2.45) is 0 Å². The third-order valence-electron chi connectivity index (χ3n) is 5.80. The second-order valence-electron chi connectivity index (χ2n) is 8.14. The summed E-state index contributed by atoms with van der Waals surface area (Å²) in [6.07, 6.45) is 0.266. The van der Waals surface area contributed by atoms with Gasteiger partial charge in [0.2, 0.25) is 5.88 Å². The number of rotatable bonds is 5. The molecular formula is C28H18F2N2O4. The minimum absolute atomic E-state index is 0.131. The molecule has 0 fully saturated rings. The predicted octanol–water partition coefficient (Wildman–Crippen LogP) is 6.79. The summed E-state index contributed by atoms with van der Waals surface area (Å²) in [5.74, 6) is -0.969. The Balaban J connectivity index is 1.58. The number of benzene rings is 3. The minimum Gasteiger partial charge on any atom is -0.465 e. The summed E-state index contributed by atoms with van der Waals surface area (Å²) < 4.78 is 32.6. The van der Waals surface area contributed by atoms with Crippen LogP contribution < -0.4 is 4.90 Å². The fraction of sp³-hybridized carbons (Fsp3) is 0.0357. The Hall–Kier alpha value is -4.85. The molecule has 1 N–H and O–H groups in total. The molecular weight excluding hydrogens is 466 g/mol. The molecule has 1 amide bonds. The van der Waals surface area contributed by atoms with E-state index in [1.54, 1.807) is 36.4 Å². The summed E-state index contributed by atoms with van der Waals surface area (Å²) in [4.78, 5) is 29.6. The van der Waals surface area contributed by atoms with Crippen molar-refractivity contribution in [3.8, 4) is 22.4 Å². The Labute approximate surface area is 204 Å². The van der Waals surface area contributed by atoms with Crippen LogP contribution in [0.5, 0.6) is 0 Å². The number of carboxylic acid groups (broad SMARTS) is 1. The van der Waals surface area contributed by atoms with Crippen LogP contribution in [0.15, 0.2) is 89.5 Å². The Bertz CT molecular complexity index is 1590. The monoisotopic (exact) mass is 484 g/mol. The van der Waals surface area contributed by atoms with E-state index >= 15 is 0 Å². The van der Waals surface area contributed by atoms with Crippen LogP contribution >= 0.6 is 0 Å². The highest BCUT2D eigenvalue weighted by Crippen LogP contribution is 2.37. The highest BCUT2D eigenvalue weighted by atomic mass is 19.1. The number of hydrogen-bond acceptors (Lipinski definition) is 4. The SMILES string of the molecule is CN(C(=O)O)c1cc2cc(-c3ccc(C(=O)c4ccc(F)cc4)cn3)cc(-c3ccc(F)cc3)c2o1. The van der Waals surface area contributed by atoms with Crippen molar-refractivity contribution in [3.63, 3.8) is 0 Å². The summed E-state index contributed by atoms with van der Waals surface area (Å²) in [6.45, 7) is 0. The van der Waals surface area contributed by atoms with Gasteiger partial charge in [0.05, 0.1) is 5.69 Å². The number of hydrogen-bond donors (Lipinski definition) is 1. The van der Waals surface area contributed by atoms with Gasteiger partial charge in [0.1, 0.15) is 17.2 Å². The maximum atomic E-state index is 13.6. The number of anilines is 1. The smallest absolute Gasteiger partial charge is 0.413 e. The van der Waals surface area contributed by atoms with E-state index in [2.05, 4.69) is 4.98 Å². The second kappa shape index (κ2) is 9.07. The van der Waals surface area contributed by atoms with Gasteiger partial charge in [0, 0.05) is 47.0 Å². The number of furan rings is 1. The van der Waals surface area contributed by atoms with Crippen molar-refractivity contribution >= 4 is 28.7 Å². The van der Waals surface area contributed by atoms with E-state index in [4.69, 9.17) is 4.42 Å². The van der Waals surface area contributed by atoms with Gasteiger partial charge >= 0.3 is 6.09 Å². The molecule has 0 saturated carbocycles. The van der Waals surface area contributed by atoms with Crippen LogP contribution in [-0.2, 0) is 0 Å². The molecule has 5 rings (SSSR count). The average molecular weight is 484 g/mol. The number of ketones is 1. The number of carbonyl (C=O) groups excluding carboxylic acids is 1. The van der Waals surface area contributed by atoms with Gasteiger partial charge in [-0.2, -0.15) is 0 Å². The zero-order valence-corrected chi connectivity index (χ0v) is 18.9. The number of amides is 1. The lowest BCUT2D eigenvalue weighted by atomic mass is 9.98. The normalized spacial score (nSPS) is 11.0. The molecule has 0 radical (unpaired) electrons. The van der Waals surface area contributed by atoms with Gasteiger partial charge in [0.15, 0.2) is 5.78 Å². The molecule has 0 aliphatic rings. The lowest BCUT2D eigenvalue weighted by Gasteiger charge is -2.09. The first-order valence-corrected chi connectivity index (χ1v) is 10.9. The molecule has 0 saturated heterocycles. The van der Waals surface area contributed by atoms with Crippen LogP contribution in [0.1, 0.15) is 15.9 Å². The first-order valence-electron chi connectivity index (χ1n) is 10.9. The molecule has 0 aliphatic carbocycles. The van der Waals surface area contributed by atoms with Gasteiger partial charge in [0.25, 0.3) is 0 Å². The van der Waals surface area contributed by atoms with E-state index in [-0.39, 0.29) is 17.5 Å². The summed E-state index contributed by atoms with van der Waals surface area (Å²) >= 11 is 0. The van der Waals surface area contributed by atoms with Gasteiger partial charge in [-0.05, 0) is 66.2 Å². The van der Waals surface area contributed by atoms with E-state index in [0.717, 1.165) is 4.90 Å². The fourth-order valence-corrected chi connectivity index (χ4v) is 3.86. The molecule has 0 atom stereocenters. The number of nitrogens with zero attached hydrogens (tertiary/aromatic N) is 2. The molecule has 3 aromatic carbocycles. The molecule has 2 heterocycles. The molecule has 0 aliphatic heterocycles. The summed E-state index contributed by atoms with van der Waals surface area (Å²) in [5, 5.41) is 9.97. The van der Waals surface area contributed by atoms with Crippen LogP contribution in [0, 0.1) is 11.6 Å². The topological polar surface area (TPSA) is 83.6 Å². The van der Waals surface area contributed by atoms with Crippen molar-refractivity contribution in [2.45, 2.75) is 0 Å². The molecule has 178 valence electrons. The van der Waals surface area contributed by atoms with Crippen molar-refractivity contribution in [1.29, 1.82) is 0 Å². The number of pyridine rings is 1. The second-order valence-corrected chi connectivity index (χ2v) is 8.14. The number of carbonyl (C=O) groups is 2. The molecule has 36 heavy (non-hydrogen) atoms. The van der Waals surface area contributed by atoms with E-state index < -0.39 is 11.9 Å². The van der Waals surface area contributed by atoms with Crippen LogP contribution in [-0.4, -0.2) is 29.0 Å². The van der Waals surface area contributed by atoms with Gasteiger partial charge < -0.3 is 9.52 Å². The molecule has 0 spiro atoms. The van der Waals surface area contributed by atoms with E-state index in [1.807, 2.05) is 6.07 Å². The van der Waals surface area contributed by atoms with Crippen molar-refractivity contribution in [1.82, 2.24) is 4.98 Å². The highest BCUT2D eigenvalue weighted by molar-refractivity contribution is 6.09. The minimum atomic E-state index is -1.18. The molecule has 5 aromatic rings. The van der Waals surface area contributed by atoms with Gasteiger partial charge in [-0.3, -0.25) is 14.7 Å². The first-order chi connectivity index (χ1) is 17.3. The van der Waals surface area contributed by atoms with E-state index in [1.165, 1.54) is 49.6 Å². The van der Waals surface area contributed by atoms with Gasteiger partial charge in [-0.25, -0.2) is 13.6 Å². The summed E-state index contributed by atoms with van der Waals surface area (Å²) in [7, 11) is 1.37. The van der Waals surface area contributed by atoms with Crippen LogP contribution in [0.25, 0.3) is 33.4 Å². The van der Waals surface area contributed by atoms with Gasteiger partial charge in [-0.15, -0.1) is 0 Å². The lowest BCUT2D eigenvalue weighted by molar-refractivity contribution is 0.103. The molecule has 6 nitrogen and oxygen atoms in total. The standard InChI is InChI=1S/C28H18F2N2O4/c1-32(28(34)35)25-14-20-12-19(13-23(27(20)36-25)16-2-7-21(29)8-3-16)24-11-6-18(15-31-24)26(33)17-4-9-22(30)10-5-17/h2-15H,1H3,(H,34,35). The quantitative estimate of drug-likeness (QED) is 0.278. The zero-order chi connectivity index (χ0) is 25.4. The Morgan fingerprint density at radius 3 is 2.08 bits per heavy atom. The molecule has 8 heteroatoms. The zero-order valence-electron chi connectivity index (χ0n) is 18.9. The van der Waals surface area contributed by atoms with E-state index in [9.17, 15) is 23.5 Å². The largest absolute Gasteiger partial charge is 0.465 e. The number of halogens is 2. The van der Waals surface area contributed by atoms with Gasteiger partial charge in [-0.1, -0.05) is 12.1 Å². The third-order valence-corrected chi connectivity index (χ3v) is 5.80. The summed E-state index contributed by atoms with van der Waals surface area (Å²) in [6, 6.07) is 19.7. The van der Waals surface area contributed by atoms with Crippen LogP contribution in [0.2, 0.25) is 0 Å². The Morgan fingerprint density at radius 1 is 0.833 bits per heavy atom. The maximum absolute atomic E-state index is 13.6. The maximum Gasteiger partial charge on any atom is 0.413 e. The van der Waals surface area contributed by atoms with Crippen molar-refractivity contribution in [3.05, 3.63) is 108 Å². The fourth-order valence-electron chi connectivity index (χ4n) is 3.86. The number of aromatic nitrogens is 1. The highest BCUT2D eigenvalue weighted by Gasteiger charge is 2.19.